The fraction of sp³-hybridized carbons (Fsp3) is 0.500. The first-order valence-electron chi connectivity index (χ1n) is 8.46. The molecule has 0 aliphatic carbocycles. The molecule has 0 aliphatic rings. The second-order valence-corrected chi connectivity index (χ2v) is 7.09. The van der Waals surface area contributed by atoms with Gasteiger partial charge in [-0.2, -0.15) is 5.26 Å². The molecule has 0 fully saturated rings. The lowest BCUT2D eigenvalue weighted by Gasteiger charge is -2.12. The van der Waals surface area contributed by atoms with Gasteiger partial charge < -0.3 is 9.63 Å². The molecular formula is C18H23N5O3. The second-order valence-electron chi connectivity index (χ2n) is 7.09. The van der Waals surface area contributed by atoms with E-state index in [1.165, 1.54) is 0 Å². The maximum Gasteiger partial charge on any atom is 0.271 e. The van der Waals surface area contributed by atoms with Crippen LogP contribution in [-0.2, 0) is 12.0 Å². The van der Waals surface area contributed by atoms with Crippen molar-refractivity contribution in [1.82, 2.24) is 9.72 Å². The Labute approximate surface area is 151 Å². The van der Waals surface area contributed by atoms with Crippen LogP contribution in [0.15, 0.2) is 25.6 Å². The van der Waals surface area contributed by atoms with E-state index in [4.69, 9.17) is 4.52 Å². The molecule has 0 radical (unpaired) electrons. The van der Waals surface area contributed by atoms with Gasteiger partial charge in [0.2, 0.25) is 11.7 Å². The summed E-state index contributed by atoms with van der Waals surface area (Å²) in [6.45, 7) is 9.77. The molecule has 0 aromatic carbocycles. The lowest BCUT2D eigenvalue weighted by molar-refractivity contribution is 0.330. The highest BCUT2D eigenvalue weighted by Crippen LogP contribution is 2.33. The van der Waals surface area contributed by atoms with Crippen LogP contribution in [0, 0.1) is 18.3 Å². The Kier molecular flexibility index (Phi) is 5.60. The number of hydrogen-bond acceptors (Lipinski definition) is 7. The fourth-order valence-electron chi connectivity index (χ4n) is 2.35. The molecule has 0 aliphatic heterocycles. The summed E-state index contributed by atoms with van der Waals surface area (Å²) < 4.78 is 6.40. The molecule has 2 aromatic heterocycles. The molecule has 8 heteroatoms. The molecule has 2 heterocycles. The van der Waals surface area contributed by atoms with E-state index in [2.05, 4.69) is 15.4 Å². The van der Waals surface area contributed by atoms with Crippen LogP contribution < -0.4 is 5.56 Å². The smallest absolute Gasteiger partial charge is 0.271 e. The van der Waals surface area contributed by atoms with Gasteiger partial charge in [-0.25, -0.2) is 0 Å². The van der Waals surface area contributed by atoms with E-state index in [9.17, 15) is 15.2 Å². The number of azo groups is 1. The minimum Gasteiger partial charge on any atom is -0.493 e. The molecule has 26 heavy (non-hydrogen) atoms. The van der Waals surface area contributed by atoms with E-state index < -0.39 is 5.56 Å². The normalized spacial score (nSPS) is 11.8. The topological polar surface area (TPSA) is 117 Å². The van der Waals surface area contributed by atoms with Crippen molar-refractivity contribution in [2.75, 3.05) is 0 Å². The standard InChI is InChI=1S/C18H23N5O3/c1-6-7-8-23-16(24)12(10-19)11(2)15(17(23)25)21-20-14-9-13(26-22-14)18(3,4)5/h9,25H,6-8H2,1-5H3. The van der Waals surface area contributed by atoms with Crippen LogP contribution in [0.5, 0.6) is 5.88 Å². The van der Waals surface area contributed by atoms with Gasteiger partial charge in [-0.15, -0.1) is 10.2 Å². The first-order chi connectivity index (χ1) is 12.2. The predicted octanol–water partition coefficient (Wildman–Crippen LogP) is 4.24. The first kappa shape index (κ1) is 19.4. The second kappa shape index (κ2) is 7.52. The van der Waals surface area contributed by atoms with Gasteiger partial charge in [0.25, 0.3) is 5.56 Å². The Bertz CT molecular complexity index is 926. The minimum absolute atomic E-state index is 0.0524. The summed E-state index contributed by atoms with van der Waals surface area (Å²) in [6.07, 6.45) is 1.53. The van der Waals surface area contributed by atoms with Crippen LogP contribution >= 0.6 is 0 Å². The highest BCUT2D eigenvalue weighted by Gasteiger charge is 2.21. The Hall–Kier alpha value is -2.95. The van der Waals surface area contributed by atoms with Gasteiger partial charge in [0.15, 0.2) is 5.69 Å². The average molecular weight is 357 g/mol. The molecule has 0 bridgehead atoms. The summed E-state index contributed by atoms with van der Waals surface area (Å²) >= 11 is 0. The van der Waals surface area contributed by atoms with Crippen molar-refractivity contribution in [2.24, 2.45) is 10.2 Å². The largest absolute Gasteiger partial charge is 0.493 e. The molecule has 8 nitrogen and oxygen atoms in total. The zero-order chi connectivity index (χ0) is 19.5. The number of aromatic nitrogens is 2. The summed E-state index contributed by atoms with van der Waals surface area (Å²) in [6, 6.07) is 3.55. The van der Waals surface area contributed by atoms with E-state index in [0.717, 1.165) is 11.0 Å². The lowest BCUT2D eigenvalue weighted by atomic mass is 9.93. The van der Waals surface area contributed by atoms with Crippen molar-refractivity contribution in [1.29, 1.82) is 5.26 Å². The molecule has 0 atom stereocenters. The van der Waals surface area contributed by atoms with Gasteiger partial charge in [0, 0.05) is 23.6 Å². The summed E-state index contributed by atoms with van der Waals surface area (Å²) in [7, 11) is 0. The van der Waals surface area contributed by atoms with Crippen molar-refractivity contribution >= 4 is 11.5 Å². The van der Waals surface area contributed by atoms with Gasteiger partial charge in [-0.1, -0.05) is 39.3 Å². The van der Waals surface area contributed by atoms with Crippen LogP contribution in [0.25, 0.3) is 0 Å². The molecule has 138 valence electrons. The van der Waals surface area contributed by atoms with E-state index in [1.54, 1.807) is 13.0 Å². The van der Waals surface area contributed by atoms with Crippen LogP contribution in [-0.4, -0.2) is 14.8 Å². The number of hydrogen-bond donors (Lipinski definition) is 1. The van der Waals surface area contributed by atoms with Gasteiger partial charge >= 0.3 is 0 Å². The SMILES string of the molecule is CCCCn1c(O)c(N=Nc2cc(C(C)(C)C)on2)c(C)c(C#N)c1=O. The number of nitrogens with zero attached hydrogens (tertiary/aromatic N) is 5. The summed E-state index contributed by atoms with van der Waals surface area (Å²) in [4.78, 5) is 12.4. The first-order valence-corrected chi connectivity index (χ1v) is 8.46. The predicted molar refractivity (Wildman–Crippen MR) is 96.1 cm³/mol. The Morgan fingerprint density at radius 2 is 2.08 bits per heavy atom. The van der Waals surface area contributed by atoms with Gasteiger partial charge in [0.1, 0.15) is 17.4 Å². The van der Waals surface area contributed by atoms with Crippen molar-refractivity contribution in [3.8, 4) is 11.9 Å². The molecule has 0 amide bonds. The molecule has 0 unspecified atom stereocenters. The molecule has 2 rings (SSSR count). The van der Waals surface area contributed by atoms with Gasteiger partial charge in [0.05, 0.1) is 0 Å². The molecular weight excluding hydrogens is 334 g/mol. The number of nitriles is 1. The van der Waals surface area contributed by atoms with Crippen molar-refractivity contribution in [2.45, 2.75) is 59.4 Å². The maximum atomic E-state index is 12.4. The molecule has 0 saturated heterocycles. The Balaban J connectivity index is 2.50. The maximum absolute atomic E-state index is 12.4. The zero-order valence-electron chi connectivity index (χ0n) is 15.7. The minimum atomic E-state index is -0.522. The third kappa shape index (κ3) is 3.82. The zero-order valence-corrected chi connectivity index (χ0v) is 15.7. The van der Waals surface area contributed by atoms with E-state index in [1.807, 2.05) is 33.8 Å². The van der Waals surface area contributed by atoms with Crippen LogP contribution in [0.4, 0.5) is 11.5 Å². The highest BCUT2D eigenvalue weighted by molar-refractivity contribution is 5.59. The number of aromatic hydroxyl groups is 1. The molecule has 0 saturated carbocycles. The summed E-state index contributed by atoms with van der Waals surface area (Å²) in [5.41, 5.74) is -0.432. The Morgan fingerprint density at radius 1 is 1.38 bits per heavy atom. The number of unbranched alkanes of at least 4 members (excludes halogenated alkanes) is 1. The van der Waals surface area contributed by atoms with E-state index >= 15 is 0 Å². The third-order valence-corrected chi connectivity index (χ3v) is 3.99. The monoisotopic (exact) mass is 357 g/mol. The molecule has 2 aromatic rings. The quantitative estimate of drug-likeness (QED) is 0.803. The van der Waals surface area contributed by atoms with Gasteiger partial charge in [-0.3, -0.25) is 9.36 Å². The summed E-state index contributed by atoms with van der Waals surface area (Å²) in [5, 5.41) is 31.6. The van der Waals surface area contributed by atoms with Crippen LogP contribution in [0.2, 0.25) is 0 Å². The average Bonchev–Trinajstić information content (AvgIpc) is 3.04. The lowest BCUT2D eigenvalue weighted by Crippen LogP contribution is -2.23. The van der Waals surface area contributed by atoms with Gasteiger partial charge in [-0.05, 0) is 13.3 Å². The molecule has 1 N–H and O–H groups in total. The van der Waals surface area contributed by atoms with Crippen molar-refractivity contribution in [3.63, 3.8) is 0 Å². The van der Waals surface area contributed by atoms with Crippen molar-refractivity contribution in [3.05, 3.63) is 33.3 Å². The van der Waals surface area contributed by atoms with Crippen LogP contribution in [0.3, 0.4) is 0 Å². The van der Waals surface area contributed by atoms with E-state index in [-0.39, 0.29) is 33.9 Å². The molecule has 0 spiro atoms. The highest BCUT2D eigenvalue weighted by atomic mass is 16.5. The third-order valence-electron chi connectivity index (χ3n) is 3.99. The fourth-order valence-corrected chi connectivity index (χ4v) is 2.35. The number of pyridine rings is 1. The van der Waals surface area contributed by atoms with Crippen LogP contribution in [0.1, 0.15) is 57.4 Å². The Morgan fingerprint density at radius 3 is 2.62 bits per heavy atom. The number of rotatable bonds is 5. The summed E-state index contributed by atoms with van der Waals surface area (Å²) in [5.74, 6) is 0.597. The van der Waals surface area contributed by atoms with E-state index in [0.29, 0.717) is 18.7 Å². The van der Waals surface area contributed by atoms with Crippen molar-refractivity contribution < 1.29 is 9.63 Å².